The molecule has 0 saturated carbocycles. The van der Waals surface area contributed by atoms with E-state index < -0.39 is 6.10 Å². The Kier molecular flexibility index (Phi) is 6.70. The van der Waals surface area contributed by atoms with E-state index in [0.717, 1.165) is 0 Å². The lowest BCUT2D eigenvalue weighted by molar-refractivity contribution is -0.120. The normalized spacial score (nSPS) is 12.6. The SMILES string of the molecule is CCC(=O)NCCC(O)COC. The van der Waals surface area contributed by atoms with Gasteiger partial charge in [-0.05, 0) is 6.42 Å². The van der Waals surface area contributed by atoms with Crippen LogP contribution in [0.15, 0.2) is 0 Å². The molecular weight excluding hydrogens is 158 g/mol. The maximum Gasteiger partial charge on any atom is 0.219 e. The van der Waals surface area contributed by atoms with Gasteiger partial charge in [-0.2, -0.15) is 0 Å². The van der Waals surface area contributed by atoms with Crippen LogP contribution >= 0.6 is 0 Å². The summed E-state index contributed by atoms with van der Waals surface area (Å²) in [5.74, 6) is 0.0135. The van der Waals surface area contributed by atoms with Gasteiger partial charge >= 0.3 is 0 Å². The monoisotopic (exact) mass is 175 g/mol. The van der Waals surface area contributed by atoms with Crippen molar-refractivity contribution in [2.45, 2.75) is 25.9 Å². The first-order chi connectivity index (χ1) is 5.70. The van der Waals surface area contributed by atoms with E-state index in [1.54, 1.807) is 6.92 Å². The summed E-state index contributed by atoms with van der Waals surface area (Å²) in [7, 11) is 1.54. The number of hydrogen-bond acceptors (Lipinski definition) is 3. The molecule has 0 saturated heterocycles. The van der Waals surface area contributed by atoms with Crippen LogP contribution in [0.25, 0.3) is 0 Å². The first-order valence-electron chi connectivity index (χ1n) is 4.14. The molecule has 1 atom stereocenters. The molecule has 0 aromatic heterocycles. The zero-order chi connectivity index (χ0) is 9.40. The Morgan fingerprint density at radius 1 is 1.67 bits per heavy atom. The van der Waals surface area contributed by atoms with Gasteiger partial charge in [-0.25, -0.2) is 0 Å². The van der Waals surface area contributed by atoms with Gasteiger partial charge in [0.1, 0.15) is 0 Å². The maximum atomic E-state index is 10.7. The van der Waals surface area contributed by atoms with Crippen LogP contribution in [0.4, 0.5) is 0 Å². The maximum absolute atomic E-state index is 10.7. The molecule has 0 bridgehead atoms. The second-order valence-corrected chi connectivity index (χ2v) is 2.60. The van der Waals surface area contributed by atoms with Gasteiger partial charge in [0.15, 0.2) is 0 Å². The first kappa shape index (κ1) is 11.4. The number of methoxy groups -OCH3 is 1. The number of carbonyl (C=O) groups is 1. The molecule has 12 heavy (non-hydrogen) atoms. The predicted octanol–water partition coefficient (Wildman–Crippen LogP) is -0.0900. The molecule has 1 unspecified atom stereocenters. The molecule has 72 valence electrons. The molecule has 4 heteroatoms. The predicted molar refractivity (Wildman–Crippen MR) is 45.8 cm³/mol. The number of nitrogens with one attached hydrogen (secondary N) is 1. The van der Waals surface area contributed by atoms with Gasteiger partial charge in [-0.1, -0.05) is 6.92 Å². The zero-order valence-electron chi connectivity index (χ0n) is 7.67. The van der Waals surface area contributed by atoms with Crippen molar-refractivity contribution in [2.24, 2.45) is 0 Å². The quantitative estimate of drug-likeness (QED) is 0.593. The van der Waals surface area contributed by atoms with Gasteiger partial charge < -0.3 is 15.2 Å². The van der Waals surface area contributed by atoms with E-state index in [-0.39, 0.29) is 5.91 Å². The molecule has 0 rings (SSSR count). The minimum absolute atomic E-state index is 0.0135. The van der Waals surface area contributed by atoms with Crippen LogP contribution in [0.2, 0.25) is 0 Å². The third-order valence-electron chi connectivity index (χ3n) is 1.48. The van der Waals surface area contributed by atoms with Crippen molar-refractivity contribution < 1.29 is 14.6 Å². The summed E-state index contributed by atoms with van der Waals surface area (Å²) in [5.41, 5.74) is 0. The third-order valence-corrected chi connectivity index (χ3v) is 1.48. The fraction of sp³-hybridized carbons (Fsp3) is 0.875. The Hall–Kier alpha value is -0.610. The molecule has 0 radical (unpaired) electrons. The van der Waals surface area contributed by atoms with Crippen LogP contribution in [0.3, 0.4) is 0 Å². The van der Waals surface area contributed by atoms with Crippen LogP contribution in [-0.4, -0.2) is 37.4 Å². The fourth-order valence-electron chi connectivity index (χ4n) is 0.779. The summed E-state index contributed by atoms with van der Waals surface area (Å²) in [4.78, 5) is 10.7. The largest absolute Gasteiger partial charge is 0.391 e. The highest BCUT2D eigenvalue weighted by atomic mass is 16.5. The van der Waals surface area contributed by atoms with Crippen LogP contribution in [-0.2, 0) is 9.53 Å². The molecule has 0 fully saturated rings. The molecule has 2 N–H and O–H groups in total. The van der Waals surface area contributed by atoms with E-state index >= 15 is 0 Å². The molecule has 0 aromatic carbocycles. The Bertz CT molecular complexity index is 127. The molecule has 0 heterocycles. The van der Waals surface area contributed by atoms with Crippen molar-refractivity contribution in [2.75, 3.05) is 20.3 Å². The lowest BCUT2D eigenvalue weighted by Gasteiger charge is -2.09. The molecule has 1 amide bonds. The number of rotatable bonds is 6. The van der Waals surface area contributed by atoms with Crippen molar-refractivity contribution in [3.8, 4) is 0 Å². The summed E-state index contributed by atoms with van der Waals surface area (Å²) >= 11 is 0. The van der Waals surface area contributed by atoms with Crippen molar-refractivity contribution in [3.63, 3.8) is 0 Å². The highest BCUT2D eigenvalue weighted by Crippen LogP contribution is 1.90. The Morgan fingerprint density at radius 3 is 2.83 bits per heavy atom. The summed E-state index contributed by atoms with van der Waals surface area (Å²) < 4.78 is 4.72. The van der Waals surface area contributed by atoms with E-state index in [1.807, 2.05) is 0 Å². The smallest absolute Gasteiger partial charge is 0.219 e. The topological polar surface area (TPSA) is 58.6 Å². The summed E-state index contributed by atoms with van der Waals surface area (Å²) in [6.45, 7) is 2.63. The van der Waals surface area contributed by atoms with Gasteiger partial charge in [0.05, 0.1) is 12.7 Å². The van der Waals surface area contributed by atoms with Gasteiger partial charge in [-0.3, -0.25) is 4.79 Å². The minimum Gasteiger partial charge on any atom is -0.391 e. The Balaban J connectivity index is 3.24. The summed E-state index contributed by atoms with van der Waals surface area (Å²) in [6.07, 6.45) is 0.548. The number of ether oxygens (including phenoxy) is 1. The van der Waals surface area contributed by atoms with E-state index in [2.05, 4.69) is 5.32 Å². The molecule has 0 aliphatic carbocycles. The van der Waals surface area contributed by atoms with Gasteiger partial charge in [0.25, 0.3) is 0 Å². The van der Waals surface area contributed by atoms with E-state index in [9.17, 15) is 4.79 Å². The van der Waals surface area contributed by atoms with E-state index in [1.165, 1.54) is 7.11 Å². The second-order valence-electron chi connectivity index (χ2n) is 2.60. The molecule has 0 aliphatic heterocycles. The fourth-order valence-corrected chi connectivity index (χ4v) is 0.779. The number of aliphatic hydroxyl groups is 1. The number of amides is 1. The second kappa shape index (κ2) is 7.06. The minimum atomic E-state index is -0.479. The highest BCUT2D eigenvalue weighted by molar-refractivity contribution is 5.75. The van der Waals surface area contributed by atoms with E-state index in [4.69, 9.17) is 9.84 Å². The van der Waals surface area contributed by atoms with Crippen molar-refractivity contribution >= 4 is 5.91 Å². The average molecular weight is 175 g/mol. The zero-order valence-corrected chi connectivity index (χ0v) is 7.67. The molecule has 4 nitrogen and oxygen atoms in total. The third kappa shape index (κ3) is 6.12. The van der Waals surface area contributed by atoms with Gasteiger partial charge in [-0.15, -0.1) is 0 Å². The lowest BCUT2D eigenvalue weighted by Crippen LogP contribution is -2.27. The van der Waals surface area contributed by atoms with Crippen LogP contribution < -0.4 is 5.32 Å². The molecule has 0 aliphatic rings. The van der Waals surface area contributed by atoms with Gasteiger partial charge in [0, 0.05) is 20.1 Å². The first-order valence-corrected chi connectivity index (χ1v) is 4.14. The molecular formula is C8H17NO3. The number of aliphatic hydroxyl groups excluding tert-OH is 1. The summed E-state index contributed by atoms with van der Waals surface area (Å²) in [6, 6.07) is 0. The molecule has 0 aromatic rings. The lowest BCUT2D eigenvalue weighted by atomic mass is 10.2. The molecule has 0 spiro atoms. The Morgan fingerprint density at radius 2 is 2.33 bits per heavy atom. The van der Waals surface area contributed by atoms with Crippen LogP contribution in [0.5, 0.6) is 0 Å². The Labute approximate surface area is 72.9 Å². The number of hydrogen-bond donors (Lipinski definition) is 2. The average Bonchev–Trinajstić information content (AvgIpc) is 2.04. The van der Waals surface area contributed by atoms with Crippen LogP contribution in [0.1, 0.15) is 19.8 Å². The van der Waals surface area contributed by atoms with Gasteiger partial charge in [0.2, 0.25) is 5.91 Å². The highest BCUT2D eigenvalue weighted by Gasteiger charge is 2.03. The van der Waals surface area contributed by atoms with Crippen molar-refractivity contribution in [1.82, 2.24) is 5.32 Å². The van der Waals surface area contributed by atoms with Crippen LogP contribution in [0, 0.1) is 0 Å². The van der Waals surface area contributed by atoms with E-state index in [0.29, 0.717) is 26.0 Å². The summed E-state index contributed by atoms with van der Waals surface area (Å²) in [5, 5.41) is 11.8. The standard InChI is InChI=1S/C8H17NO3/c1-3-8(11)9-5-4-7(10)6-12-2/h7,10H,3-6H2,1-2H3,(H,9,11). The number of carbonyl (C=O) groups excluding carboxylic acids is 1. The van der Waals surface area contributed by atoms with Crippen molar-refractivity contribution in [1.29, 1.82) is 0 Å². The van der Waals surface area contributed by atoms with Crippen molar-refractivity contribution in [3.05, 3.63) is 0 Å².